The van der Waals surface area contributed by atoms with Crippen LogP contribution in [-0.4, -0.2) is 43.2 Å². The van der Waals surface area contributed by atoms with E-state index in [1.807, 2.05) is 0 Å². The van der Waals surface area contributed by atoms with E-state index in [9.17, 15) is 17.2 Å². The molecule has 0 amide bonds. The zero-order valence-electron chi connectivity index (χ0n) is 10.3. The van der Waals surface area contributed by atoms with Gasteiger partial charge in [0.25, 0.3) is 0 Å². The Balaban J connectivity index is 2.48. The summed E-state index contributed by atoms with van der Waals surface area (Å²) in [4.78, 5) is -0.381. The summed E-state index contributed by atoms with van der Waals surface area (Å²) in [5.74, 6) is -0.732. The van der Waals surface area contributed by atoms with Crippen molar-refractivity contribution in [2.45, 2.75) is 23.5 Å². The molecule has 1 heterocycles. The molecule has 1 saturated heterocycles. The standard InChI is InChI=1S/C12H12F2N2O3S/c13-9-1-2-12(8(3-9)5-15)20(18,19)16-6-10(14)4-11(16)7-17/h1-3,10-11,17H,4,6-7H2/t10-,11-/m0/s1. The molecule has 0 aromatic heterocycles. The van der Waals surface area contributed by atoms with Crippen molar-refractivity contribution in [2.75, 3.05) is 13.2 Å². The van der Waals surface area contributed by atoms with Crippen LogP contribution in [0.25, 0.3) is 0 Å². The maximum Gasteiger partial charge on any atom is 0.244 e. The third-order valence-corrected chi connectivity index (χ3v) is 5.15. The third-order valence-electron chi connectivity index (χ3n) is 3.17. The second-order valence-electron chi connectivity index (χ2n) is 4.50. The molecule has 20 heavy (non-hydrogen) atoms. The monoisotopic (exact) mass is 302 g/mol. The number of nitrogens with zero attached hydrogens (tertiary/aromatic N) is 2. The Labute approximate surface area is 115 Å². The van der Waals surface area contributed by atoms with E-state index in [-0.39, 0.29) is 23.4 Å². The van der Waals surface area contributed by atoms with E-state index in [1.54, 1.807) is 6.07 Å². The fourth-order valence-corrected chi connectivity index (χ4v) is 4.01. The van der Waals surface area contributed by atoms with E-state index >= 15 is 0 Å². The van der Waals surface area contributed by atoms with Gasteiger partial charge >= 0.3 is 0 Å². The molecule has 0 spiro atoms. The molecule has 1 aromatic carbocycles. The van der Waals surface area contributed by atoms with Crippen LogP contribution < -0.4 is 0 Å². The summed E-state index contributed by atoms with van der Waals surface area (Å²) in [6, 6.07) is 3.45. The second-order valence-corrected chi connectivity index (χ2v) is 6.36. The minimum atomic E-state index is -4.15. The van der Waals surface area contributed by atoms with Crippen molar-refractivity contribution in [3.05, 3.63) is 29.6 Å². The molecular weight excluding hydrogens is 290 g/mol. The van der Waals surface area contributed by atoms with Crippen molar-refractivity contribution >= 4 is 10.0 Å². The number of hydrogen-bond acceptors (Lipinski definition) is 4. The normalized spacial score (nSPS) is 23.7. The van der Waals surface area contributed by atoms with Gasteiger partial charge in [-0.05, 0) is 24.6 Å². The summed E-state index contributed by atoms with van der Waals surface area (Å²) in [5, 5.41) is 18.0. The van der Waals surface area contributed by atoms with Crippen molar-refractivity contribution in [3.63, 3.8) is 0 Å². The molecule has 108 valence electrons. The first-order valence-corrected chi connectivity index (χ1v) is 7.30. The number of aliphatic hydroxyl groups excluding tert-OH is 1. The summed E-state index contributed by atoms with van der Waals surface area (Å²) in [6.45, 7) is -0.890. The van der Waals surface area contributed by atoms with Crippen LogP contribution in [0.15, 0.2) is 23.1 Å². The summed E-state index contributed by atoms with van der Waals surface area (Å²) in [7, 11) is -4.15. The molecular formula is C12H12F2N2O3S. The fraction of sp³-hybridized carbons (Fsp3) is 0.417. The average Bonchev–Trinajstić information content (AvgIpc) is 2.80. The molecule has 1 aliphatic heterocycles. The molecule has 0 unspecified atom stereocenters. The van der Waals surface area contributed by atoms with Crippen LogP contribution in [0.5, 0.6) is 0 Å². The van der Waals surface area contributed by atoms with E-state index in [4.69, 9.17) is 10.4 Å². The van der Waals surface area contributed by atoms with Gasteiger partial charge < -0.3 is 5.11 Å². The average molecular weight is 302 g/mol. The third kappa shape index (κ3) is 2.52. The summed E-state index contributed by atoms with van der Waals surface area (Å²) in [5.41, 5.74) is -0.344. The van der Waals surface area contributed by atoms with Gasteiger partial charge in [0, 0.05) is 6.54 Å². The first-order chi connectivity index (χ1) is 9.40. The smallest absolute Gasteiger partial charge is 0.244 e. The van der Waals surface area contributed by atoms with Gasteiger partial charge in [-0.15, -0.1) is 0 Å². The zero-order valence-corrected chi connectivity index (χ0v) is 11.1. The number of halogens is 2. The predicted octanol–water partition coefficient (Wildman–Crippen LogP) is 0.791. The van der Waals surface area contributed by atoms with Gasteiger partial charge in [0.1, 0.15) is 23.0 Å². The maximum absolute atomic E-state index is 13.4. The van der Waals surface area contributed by atoms with Crippen LogP contribution in [0.4, 0.5) is 8.78 Å². The Morgan fingerprint density at radius 2 is 2.20 bits per heavy atom. The molecule has 0 radical (unpaired) electrons. The number of rotatable bonds is 3. The van der Waals surface area contributed by atoms with E-state index in [0.717, 1.165) is 22.5 Å². The fourth-order valence-electron chi connectivity index (χ4n) is 2.23. The Bertz CT molecular complexity index is 657. The minimum Gasteiger partial charge on any atom is -0.395 e. The highest BCUT2D eigenvalue weighted by Gasteiger charge is 2.40. The number of nitriles is 1. The lowest BCUT2D eigenvalue weighted by atomic mass is 10.2. The van der Waals surface area contributed by atoms with Gasteiger partial charge in [-0.2, -0.15) is 9.57 Å². The Hall–Kier alpha value is -1.56. The van der Waals surface area contributed by atoms with E-state index < -0.39 is 34.7 Å². The summed E-state index contributed by atoms with van der Waals surface area (Å²) >= 11 is 0. The molecule has 0 saturated carbocycles. The van der Waals surface area contributed by atoms with Gasteiger partial charge in [-0.1, -0.05) is 0 Å². The lowest BCUT2D eigenvalue weighted by Gasteiger charge is -2.22. The molecule has 8 heteroatoms. The molecule has 5 nitrogen and oxygen atoms in total. The topological polar surface area (TPSA) is 81.4 Å². The van der Waals surface area contributed by atoms with Crippen LogP contribution in [0.3, 0.4) is 0 Å². The first-order valence-electron chi connectivity index (χ1n) is 5.86. The van der Waals surface area contributed by atoms with Crippen LogP contribution in [0.1, 0.15) is 12.0 Å². The molecule has 2 atom stereocenters. The van der Waals surface area contributed by atoms with Gasteiger partial charge in [-0.3, -0.25) is 0 Å². The van der Waals surface area contributed by atoms with E-state index in [0.29, 0.717) is 0 Å². The number of hydrogen-bond donors (Lipinski definition) is 1. The molecule has 1 fully saturated rings. The van der Waals surface area contributed by atoms with Gasteiger partial charge in [0.15, 0.2) is 0 Å². The maximum atomic E-state index is 13.4. The van der Waals surface area contributed by atoms with Gasteiger partial charge in [-0.25, -0.2) is 17.2 Å². The number of sulfonamides is 1. The molecule has 2 rings (SSSR count). The van der Waals surface area contributed by atoms with Crippen LogP contribution in [0.2, 0.25) is 0 Å². The molecule has 0 aliphatic carbocycles. The van der Waals surface area contributed by atoms with Crippen LogP contribution in [-0.2, 0) is 10.0 Å². The highest BCUT2D eigenvalue weighted by atomic mass is 32.2. The van der Waals surface area contributed by atoms with Gasteiger partial charge in [0.2, 0.25) is 10.0 Å². The largest absolute Gasteiger partial charge is 0.395 e. The highest BCUT2D eigenvalue weighted by Crippen LogP contribution is 2.29. The number of alkyl halides is 1. The predicted molar refractivity (Wildman–Crippen MR) is 65.4 cm³/mol. The van der Waals surface area contributed by atoms with Crippen molar-refractivity contribution in [1.29, 1.82) is 5.26 Å². The zero-order chi connectivity index (χ0) is 14.9. The second kappa shape index (κ2) is 5.44. The SMILES string of the molecule is N#Cc1cc(F)ccc1S(=O)(=O)N1C[C@@H](F)C[C@H]1CO. The molecule has 1 aromatic rings. The van der Waals surface area contributed by atoms with Crippen LogP contribution in [0, 0.1) is 17.1 Å². The molecule has 1 N–H and O–H groups in total. The van der Waals surface area contributed by atoms with Crippen LogP contribution >= 0.6 is 0 Å². The molecule has 1 aliphatic rings. The quantitative estimate of drug-likeness (QED) is 0.895. The molecule has 0 bridgehead atoms. The Morgan fingerprint density at radius 3 is 2.80 bits per heavy atom. The lowest BCUT2D eigenvalue weighted by Crippen LogP contribution is -2.38. The number of aliphatic hydroxyl groups is 1. The Kier molecular flexibility index (Phi) is 4.04. The minimum absolute atomic E-state index is 0.0984. The summed E-state index contributed by atoms with van der Waals surface area (Å²) in [6.07, 6.45) is -1.47. The Morgan fingerprint density at radius 1 is 1.50 bits per heavy atom. The van der Waals surface area contributed by atoms with E-state index in [1.165, 1.54) is 0 Å². The van der Waals surface area contributed by atoms with Crippen molar-refractivity contribution < 1.29 is 22.3 Å². The van der Waals surface area contributed by atoms with E-state index in [2.05, 4.69) is 0 Å². The van der Waals surface area contributed by atoms with Crippen molar-refractivity contribution in [3.8, 4) is 6.07 Å². The van der Waals surface area contributed by atoms with Crippen molar-refractivity contribution in [1.82, 2.24) is 4.31 Å². The van der Waals surface area contributed by atoms with Crippen molar-refractivity contribution in [2.24, 2.45) is 0 Å². The number of benzene rings is 1. The van der Waals surface area contributed by atoms with Gasteiger partial charge in [0.05, 0.1) is 18.2 Å². The summed E-state index contributed by atoms with van der Waals surface area (Å²) < 4.78 is 52.1. The lowest BCUT2D eigenvalue weighted by molar-refractivity contribution is 0.213. The highest BCUT2D eigenvalue weighted by molar-refractivity contribution is 7.89. The first kappa shape index (κ1) is 14.8.